The molecule has 4 nitrogen and oxygen atoms in total. The molecule has 1 aliphatic heterocycles. The van der Waals surface area contributed by atoms with Crippen molar-refractivity contribution in [1.82, 2.24) is 10.6 Å². The Bertz CT molecular complexity index is 459. The fraction of sp³-hybridized carbons (Fsp3) is 0.533. The molecule has 20 heavy (non-hydrogen) atoms. The first kappa shape index (κ1) is 15.1. The fourth-order valence-electron chi connectivity index (χ4n) is 2.62. The molecular weight excluding hydrogens is 276 g/mol. The van der Waals surface area contributed by atoms with Crippen LogP contribution in [0.4, 0.5) is 4.79 Å². The molecule has 0 unspecified atom stereocenters. The van der Waals surface area contributed by atoms with Crippen LogP contribution in [0.15, 0.2) is 24.3 Å². The summed E-state index contributed by atoms with van der Waals surface area (Å²) in [6, 6.07) is 7.78. The van der Waals surface area contributed by atoms with Gasteiger partial charge in [0.2, 0.25) is 0 Å². The molecule has 0 aromatic heterocycles. The van der Waals surface area contributed by atoms with Crippen molar-refractivity contribution in [3.05, 3.63) is 34.9 Å². The molecule has 2 N–H and O–H groups in total. The lowest BCUT2D eigenvalue weighted by Gasteiger charge is -2.38. The van der Waals surface area contributed by atoms with Crippen LogP contribution in [0.1, 0.15) is 25.3 Å². The van der Waals surface area contributed by atoms with Gasteiger partial charge in [-0.1, -0.05) is 23.7 Å². The number of urea groups is 1. The van der Waals surface area contributed by atoms with E-state index < -0.39 is 0 Å². The number of rotatable bonds is 4. The maximum Gasteiger partial charge on any atom is 0.314 e. The minimum Gasteiger partial charge on any atom is -0.381 e. The van der Waals surface area contributed by atoms with E-state index in [-0.39, 0.29) is 11.4 Å². The molecule has 0 radical (unpaired) electrons. The molecule has 1 saturated heterocycles. The maximum atomic E-state index is 11.6. The molecule has 1 aromatic carbocycles. The molecule has 2 rings (SSSR count). The molecule has 110 valence electrons. The van der Waals surface area contributed by atoms with Crippen molar-refractivity contribution in [1.29, 1.82) is 0 Å². The minimum absolute atomic E-state index is 0.0891. The maximum absolute atomic E-state index is 11.6. The highest BCUT2D eigenvalue weighted by atomic mass is 35.5. The number of amides is 2. The van der Waals surface area contributed by atoms with Gasteiger partial charge >= 0.3 is 6.03 Å². The predicted molar refractivity (Wildman–Crippen MR) is 80.3 cm³/mol. The summed E-state index contributed by atoms with van der Waals surface area (Å²) in [5, 5.41) is 6.45. The summed E-state index contributed by atoms with van der Waals surface area (Å²) in [7, 11) is 0. The number of carbonyl (C=O) groups is 1. The van der Waals surface area contributed by atoms with Gasteiger partial charge in [0.25, 0.3) is 0 Å². The van der Waals surface area contributed by atoms with Crippen LogP contribution in [0, 0.1) is 0 Å². The molecule has 1 heterocycles. The SMILES string of the molecule is CCNC(=O)NCC1(c2cccc(Cl)c2)CCOCC1. The van der Waals surface area contributed by atoms with Crippen molar-refractivity contribution in [3.8, 4) is 0 Å². The van der Waals surface area contributed by atoms with Gasteiger partial charge in [0.05, 0.1) is 0 Å². The zero-order valence-electron chi connectivity index (χ0n) is 11.7. The normalized spacial score (nSPS) is 17.5. The topological polar surface area (TPSA) is 50.4 Å². The highest BCUT2D eigenvalue weighted by molar-refractivity contribution is 6.30. The second kappa shape index (κ2) is 6.95. The lowest BCUT2D eigenvalue weighted by Crippen LogP contribution is -2.47. The monoisotopic (exact) mass is 296 g/mol. The van der Waals surface area contributed by atoms with Crippen molar-refractivity contribution in [2.75, 3.05) is 26.3 Å². The Morgan fingerprint density at radius 2 is 2.10 bits per heavy atom. The van der Waals surface area contributed by atoms with Crippen LogP contribution in [0.5, 0.6) is 0 Å². The molecular formula is C15H21ClN2O2. The summed E-state index contributed by atoms with van der Waals surface area (Å²) < 4.78 is 5.47. The van der Waals surface area contributed by atoms with E-state index in [1.807, 2.05) is 25.1 Å². The van der Waals surface area contributed by atoms with Crippen LogP contribution in [0.25, 0.3) is 0 Å². The Hall–Kier alpha value is -1.26. The lowest BCUT2D eigenvalue weighted by molar-refractivity contribution is 0.0507. The Morgan fingerprint density at radius 3 is 2.75 bits per heavy atom. The molecule has 0 aliphatic carbocycles. The first-order valence-electron chi connectivity index (χ1n) is 7.02. The smallest absolute Gasteiger partial charge is 0.314 e. The summed E-state index contributed by atoms with van der Waals surface area (Å²) in [5.41, 5.74) is 1.08. The number of nitrogens with one attached hydrogen (secondary N) is 2. The van der Waals surface area contributed by atoms with E-state index in [0.29, 0.717) is 26.3 Å². The zero-order chi connectivity index (χ0) is 14.4. The van der Waals surface area contributed by atoms with Crippen LogP contribution in [-0.2, 0) is 10.2 Å². The third kappa shape index (κ3) is 3.64. The second-order valence-corrected chi connectivity index (χ2v) is 5.55. The molecule has 0 spiro atoms. The highest BCUT2D eigenvalue weighted by Crippen LogP contribution is 2.35. The van der Waals surface area contributed by atoms with E-state index in [1.165, 1.54) is 5.56 Å². The molecule has 1 aromatic rings. The summed E-state index contributed by atoms with van der Waals surface area (Å²) in [6.07, 6.45) is 1.78. The number of halogens is 1. The van der Waals surface area contributed by atoms with Gasteiger partial charge in [-0.3, -0.25) is 0 Å². The van der Waals surface area contributed by atoms with Crippen molar-refractivity contribution in [2.24, 2.45) is 0 Å². The van der Waals surface area contributed by atoms with E-state index in [2.05, 4.69) is 16.7 Å². The quantitative estimate of drug-likeness (QED) is 0.897. The third-order valence-electron chi connectivity index (χ3n) is 3.81. The van der Waals surface area contributed by atoms with E-state index in [1.54, 1.807) is 0 Å². The molecule has 0 bridgehead atoms. The zero-order valence-corrected chi connectivity index (χ0v) is 12.5. The third-order valence-corrected chi connectivity index (χ3v) is 4.05. The Balaban J connectivity index is 2.15. The number of ether oxygens (including phenoxy) is 1. The van der Waals surface area contributed by atoms with Crippen LogP contribution >= 0.6 is 11.6 Å². The van der Waals surface area contributed by atoms with Gasteiger partial charge in [-0.25, -0.2) is 4.79 Å². The average molecular weight is 297 g/mol. The van der Waals surface area contributed by atoms with E-state index in [9.17, 15) is 4.79 Å². The first-order valence-corrected chi connectivity index (χ1v) is 7.39. The van der Waals surface area contributed by atoms with Gasteiger partial charge in [-0.15, -0.1) is 0 Å². The first-order chi connectivity index (χ1) is 9.66. The Kier molecular flexibility index (Phi) is 5.26. The Labute approximate surface area is 124 Å². The molecule has 2 amide bonds. The predicted octanol–water partition coefficient (Wildman–Crippen LogP) is 2.71. The number of benzene rings is 1. The van der Waals surface area contributed by atoms with Crippen molar-refractivity contribution < 1.29 is 9.53 Å². The number of hydrogen-bond acceptors (Lipinski definition) is 2. The van der Waals surface area contributed by atoms with E-state index in [4.69, 9.17) is 16.3 Å². The Morgan fingerprint density at radius 1 is 1.35 bits per heavy atom. The number of hydrogen-bond donors (Lipinski definition) is 2. The average Bonchev–Trinajstić information content (AvgIpc) is 2.46. The van der Waals surface area contributed by atoms with Crippen LogP contribution in [0.3, 0.4) is 0 Å². The van der Waals surface area contributed by atoms with Gasteiger partial charge in [-0.05, 0) is 37.5 Å². The van der Waals surface area contributed by atoms with E-state index in [0.717, 1.165) is 17.9 Å². The number of carbonyl (C=O) groups excluding carboxylic acids is 1. The summed E-state index contributed by atoms with van der Waals surface area (Å²) in [4.78, 5) is 11.6. The molecule has 1 fully saturated rings. The highest BCUT2D eigenvalue weighted by Gasteiger charge is 2.34. The van der Waals surface area contributed by atoms with Gasteiger partial charge in [0.15, 0.2) is 0 Å². The summed E-state index contributed by atoms with van der Waals surface area (Å²) >= 11 is 6.11. The second-order valence-electron chi connectivity index (χ2n) is 5.12. The molecule has 0 atom stereocenters. The van der Waals surface area contributed by atoms with Gasteiger partial charge in [0, 0.05) is 36.7 Å². The van der Waals surface area contributed by atoms with Gasteiger partial charge < -0.3 is 15.4 Å². The van der Waals surface area contributed by atoms with Crippen LogP contribution in [-0.4, -0.2) is 32.3 Å². The van der Waals surface area contributed by atoms with Crippen molar-refractivity contribution in [3.63, 3.8) is 0 Å². The lowest BCUT2D eigenvalue weighted by atomic mass is 9.74. The van der Waals surface area contributed by atoms with Gasteiger partial charge in [-0.2, -0.15) is 0 Å². The fourth-order valence-corrected chi connectivity index (χ4v) is 2.81. The summed E-state index contributed by atoms with van der Waals surface area (Å²) in [5.74, 6) is 0. The molecule has 1 aliphatic rings. The largest absolute Gasteiger partial charge is 0.381 e. The standard InChI is InChI=1S/C15H21ClN2O2/c1-2-17-14(19)18-11-15(6-8-20-9-7-15)12-4-3-5-13(16)10-12/h3-5,10H,2,6-9,11H2,1H3,(H2,17,18,19). The van der Waals surface area contributed by atoms with Crippen molar-refractivity contribution in [2.45, 2.75) is 25.2 Å². The van der Waals surface area contributed by atoms with Crippen molar-refractivity contribution >= 4 is 17.6 Å². The van der Waals surface area contributed by atoms with Crippen LogP contribution in [0.2, 0.25) is 5.02 Å². The van der Waals surface area contributed by atoms with E-state index >= 15 is 0 Å². The minimum atomic E-state index is -0.125. The molecule has 0 saturated carbocycles. The molecule has 5 heteroatoms. The van der Waals surface area contributed by atoms with Gasteiger partial charge in [0.1, 0.15) is 0 Å². The van der Waals surface area contributed by atoms with Crippen LogP contribution < -0.4 is 10.6 Å². The summed E-state index contributed by atoms with van der Waals surface area (Å²) in [6.45, 7) is 4.55.